The molecular formula is C24H24N2O4. The van der Waals surface area contributed by atoms with E-state index in [-0.39, 0.29) is 18.3 Å². The average molecular weight is 404 g/mol. The average Bonchev–Trinajstić information content (AvgIpc) is 3.05. The first-order valence-electron chi connectivity index (χ1n) is 9.65. The van der Waals surface area contributed by atoms with E-state index in [2.05, 4.69) is 5.32 Å². The molecule has 1 amide bonds. The molecule has 0 saturated carbocycles. The monoisotopic (exact) mass is 404 g/mol. The van der Waals surface area contributed by atoms with E-state index in [4.69, 9.17) is 4.74 Å². The molecule has 1 heterocycles. The number of ether oxygens (including phenoxy) is 1. The Labute approximate surface area is 175 Å². The van der Waals surface area contributed by atoms with Crippen LogP contribution in [0.3, 0.4) is 0 Å². The van der Waals surface area contributed by atoms with Crippen LogP contribution < -0.4 is 5.32 Å². The van der Waals surface area contributed by atoms with Crippen molar-refractivity contribution in [1.82, 2.24) is 9.88 Å². The number of aromatic nitrogens is 1. The molecule has 0 radical (unpaired) electrons. The van der Waals surface area contributed by atoms with Crippen molar-refractivity contribution >= 4 is 17.7 Å². The van der Waals surface area contributed by atoms with E-state index in [0.29, 0.717) is 17.7 Å². The molecule has 0 saturated heterocycles. The minimum absolute atomic E-state index is 0.122. The topological polar surface area (TPSA) is 77.4 Å². The van der Waals surface area contributed by atoms with Gasteiger partial charge in [-0.3, -0.25) is 9.59 Å². The van der Waals surface area contributed by atoms with Crippen LogP contribution in [0.5, 0.6) is 0 Å². The normalized spacial score (nSPS) is 10.5. The number of ketones is 1. The number of hydrogen-bond acceptors (Lipinski definition) is 4. The van der Waals surface area contributed by atoms with Crippen LogP contribution in [0.15, 0.2) is 60.7 Å². The maximum Gasteiger partial charge on any atom is 0.338 e. The van der Waals surface area contributed by atoms with Crippen LogP contribution in [0.1, 0.15) is 44.6 Å². The summed E-state index contributed by atoms with van der Waals surface area (Å²) in [5.41, 5.74) is 4.47. The van der Waals surface area contributed by atoms with Crippen molar-refractivity contribution in [3.8, 4) is 5.69 Å². The number of benzene rings is 2. The Balaban J connectivity index is 1.64. The van der Waals surface area contributed by atoms with Gasteiger partial charge in [-0.05, 0) is 49.7 Å². The molecule has 0 aliphatic carbocycles. The van der Waals surface area contributed by atoms with Crippen molar-refractivity contribution in [1.29, 1.82) is 0 Å². The molecule has 0 unspecified atom stereocenters. The molecule has 30 heavy (non-hydrogen) atoms. The maximum atomic E-state index is 12.7. The van der Waals surface area contributed by atoms with E-state index in [0.717, 1.165) is 22.6 Å². The highest BCUT2D eigenvalue weighted by molar-refractivity contribution is 6.00. The number of nitrogens with one attached hydrogen (secondary N) is 1. The SMILES string of the molecule is CC(=O)NCc1ccc(C(=O)OCC(=O)c2cc(C)n(-c3ccccc3)c2C)cc1. The molecule has 1 N–H and O–H groups in total. The molecular weight excluding hydrogens is 380 g/mol. The third kappa shape index (κ3) is 4.84. The first-order chi connectivity index (χ1) is 14.4. The predicted molar refractivity (Wildman–Crippen MR) is 114 cm³/mol. The van der Waals surface area contributed by atoms with Crippen LogP contribution in [-0.4, -0.2) is 28.8 Å². The van der Waals surface area contributed by atoms with Crippen molar-refractivity contribution in [2.24, 2.45) is 0 Å². The second kappa shape index (κ2) is 9.22. The molecule has 3 aromatic rings. The smallest absolute Gasteiger partial charge is 0.338 e. The van der Waals surface area contributed by atoms with E-state index < -0.39 is 5.97 Å². The van der Waals surface area contributed by atoms with Crippen LogP contribution in [-0.2, 0) is 16.1 Å². The largest absolute Gasteiger partial charge is 0.454 e. The van der Waals surface area contributed by atoms with Gasteiger partial charge in [-0.1, -0.05) is 30.3 Å². The van der Waals surface area contributed by atoms with Crippen molar-refractivity contribution in [2.45, 2.75) is 27.3 Å². The molecule has 6 heteroatoms. The number of carbonyl (C=O) groups excluding carboxylic acids is 3. The van der Waals surface area contributed by atoms with Crippen molar-refractivity contribution in [3.63, 3.8) is 0 Å². The Morgan fingerprint density at radius 2 is 1.63 bits per heavy atom. The summed E-state index contributed by atoms with van der Waals surface area (Å²) in [4.78, 5) is 35.9. The molecule has 3 rings (SSSR count). The molecule has 154 valence electrons. The zero-order valence-corrected chi connectivity index (χ0v) is 17.3. The lowest BCUT2D eigenvalue weighted by atomic mass is 10.1. The number of Topliss-reactive ketones (excluding diaryl/α,β-unsaturated/α-hetero) is 1. The molecule has 0 bridgehead atoms. The van der Waals surface area contributed by atoms with Gasteiger partial charge in [0.1, 0.15) is 0 Å². The van der Waals surface area contributed by atoms with Crippen LogP contribution >= 0.6 is 0 Å². The first-order valence-corrected chi connectivity index (χ1v) is 9.65. The fraction of sp³-hybridized carbons (Fsp3) is 0.208. The Kier molecular flexibility index (Phi) is 6.47. The maximum absolute atomic E-state index is 12.7. The predicted octanol–water partition coefficient (Wildman–Crippen LogP) is 3.77. The minimum Gasteiger partial charge on any atom is -0.454 e. The number of carbonyl (C=O) groups is 3. The minimum atomic E-state index is -0.564. The number of para-hydroxylation sites is 1. The number of nitrogens with zero attached hydrogens (tertiary/aromatic N) is 1. The molecule has 0 spiro atoms. The molecule has 0 fully saturated rings. The summed E-state index contributed by atoms with van der Waals surface area (Å²) in [5, 5.41) is 2.69. The summed E-state index contributed by atoms with van der Waals surface area (Å²) >= 11 is 0. The fourth-order valence-electron chi connectivity index (χ4n) is 3.30. The van der Waals surface area contributed by atoms with Crippen LogP contribution in [0.2, 0.25) is 0 Å². The Bertz CT molecular complexity index is 1070. The van der Waals surface area contributed by atoms with Crippen molar-refractivity contribution < 1.29 is 19.1 Å². The highest BCUT2D eigenvalue weighted by Gasteiger charge is 2.18. The van der Waals surface area contributed by atoms with Gasteiger partial charge in [0.25, 0.3) is 0 Å². The van der Waals surface area contributed by atoms with Gasteiger partial charge in [-0.25, -0.2) is 4.79 Å². The highest BCUT2D eigenvalue weighted by Crippen LogP contribution is 2.21. The third-order valence-corrected chi connectivity index (χ3v) is 4.81. The van der Waals surface area contributed by atoms with Gasteiger partial charge in [-0.2, -0.15) is 0 Å². The lowest BCUT2D eigenvalue weighted by molar-refractivity contribution is -0.119. The molecule has 1 aromatic heterocycles. The van der Waals surface area contributed by atoms with E-state index in [9.17, 15) is 14.4 Å². The number of rotatable bonds is 7. The van der Waals surface area contributed by atoms with Crippen molar-refractivity contribution in [3.05, 3.63) is 88.7 Å². The number of hydrogen-bond donors (Lipinski definition) is 1. The summed E-state index contributed by atoms with van der Waals surface area (Å²) in [7, 11) is 0. The zero-order valence-electron chi connectivity index (χ0n) is 17.3. The summed E-state index contributed by atoms with van der Waals surface area (Å²) in [6.45, 7) is 5.32. The van der Waals surface area contributed by atoms with E-state index in [1.807, 2.05) is 54.8 Å². The zero-order chi connectivity index (χ0) is 21.7. The molecule has 0 aliphatic rings. The van der Waals surface area contributed by atoms with E-state index in [1.54, 1.807) is 24.3 Å². The standard InChI is InChI=1S/C24H24N2O4/c1-16-13-22(17(2)26(16)21-7-5-4-6-8-21)23(28)15-30-24(29)20-11-9-19(10-12-20)14-25-18(3)27/h4-13H,14-15H2,1-3H3,(H,25,27). The number of amides is 1. The van der Waals surface area contributed by atoms with E-state index in [1.165, 1.54) is 6.92 Å². The lowest BCUT2D eigenvalue weighted by Gasteiger charge is -2.10. The Morgan fingerprint density at radius 3 is 2.27 bits per heavy atom. The van der Waals surface area contributed by atoms with Crippen LogP contribution in [0, 0.1) is 13.8 Å². The summed E-state index contributed by atoms with van der Waals surface area (Å²) in [6.07, 6.45) is 0. The summed E-state index contributed by atoms with van der Waals surface area (Å²) < 4.78 is 7.23. The van der Waals surface area contributed by atoms with E-state index >= 15 is 0 Å². The highest BCUT2D eigenvalue weighted by atomic mass is 16.5. The van der Waals surface area contributed by atoms with Gasteiger partial charge >= 0.3 is 5.97 Å². The first kappa shape index (κ1) is 21.0. The van der Waals surface area contributed by atoms with Gasteiger partial charge in [0.2, 0.25) is 11.7 Å². The van der Waals surface area contributed by atoms with Gasteiger partial charge in [0, 0.05) is 36.1 Å². The van der Waals surface area contributed by atoms with Gasteiger partial charge in [-0.15, -0.1) is 0 Å². The summed E-state index contributed by atoms with van der Waals surface area (Å²) in [6, 6.07) is 18.3. The summed E-state index contributed by atoms with van der Waals surface area (Å²) in [5.74, 6) is -0.934. The molecule has 0 aliphatic heterocycles. The van der Waals surface area contributed by atoms with Crippen LogP contribution in [0.25, 0.3) is 5.69 Å². The molecule has 6 nitrogen and oxygen atoms in total. The van der Waals surface area contributed by atoms with Crippen LogP contribution in [0.4, 0.5) is 0 Å². The second-order valence-electron chi connectivity index (χ2n) is 7.06. The van der Waals surface area contributed by atoms with Crippen molar-refractivity contribution in [2.75, 3.05) is 6.61 Å². The number of aryl methyl sites for hydroxylation is 1. The molecule has 2 aromatic carbocycles. The second-order valence-corrected chi connectivity index (χ2v) is 7.06. The fourth-order valence-corrected chi connectivity index (χ4v) is 3.30. The molecule has 0 atom stereocenters. The Morgan fingerprint density at radius 1 is 0.967 bits per heavy atom. The third-order valence-electron chi connectivity index (χ3n) is 4.81. The Hall–Kier alpha value is -3.67. The van der Waals surface area contributed by atoms with Gasteiger partial charge < -0.3 is 14.6 Å². The van der Waals surface area contributed by atoms with Gasteiger partial charge in [0.15, 0.2) is 6.61 Å². The van der Waals surface area contributed by atoms with Gasteiger partial charge in [0.05, 0.1) is 5.56 Å². The lowest BCUT2D eigenvalue weighted by Crippen LogP contribution is -2.19. The number of esters is 1. The quantitative estimate of drug-likeness (QED) is 0.480.